The van der Waals surface area contributed by atoms with Gasteiger partial charge < -0.3 is 5.32 Å². The molecule has 0 radical (unpaired) electrons. The average Bonchev–Trinajstić information content (AvgIpc) is 2.41. The van der Waals surface area contributed by atoms with Crippen molar-refractivity contribution < 1.29 is 0 Å². The molecular weight excluding hydrogens is 158 g/mol. The molecule has 0 unspecified atom stereocenters. The molecule has 1 saturated heterocycles. The number of hydrogen-bond acceptors (Lipinski definition) is 1. The first-order valence-corrected chi connectivity index (χ1v) is 5.26. The van der Waals surface area contributed by atoms with Crippen molar-refractivity contribution in [3.63, 3.8) is 0 Å². The quantitative estimate of drug-likeness (QED) is 0.560. The maximum absolute atomic E-state index is 3.49. The van der Waals surface area contributed by atoms with Gasteiger partial charge in [-0.1, -0.05) is 38.2 Å². The fourth-order valence-corrected chi connectivity index (χ4v) is 2.34. The minimum Gasteiger partial charge on any atom is -0.316 e. The summed E-state index contributed by atoms with van der Waals surface area (Å²) in [5.41, 5.74) is 0.465. The van der Waals surface area contributed by atoms with Crippen molar-refractivity contribution in [2.24, 2.45) is 17.3 Å². The van der Waals surface area contributed by atoms with Crippen molar-refractivity contribution >= 4 is 0 Å². The molecule has 1 aliphatic heterocycles. The molecule has 1 aliphatic carbocycles. The molecule has 2 rings (SSSR count). The highest BCUT2D eigenvalue weighted by Gasteiger charge is 2.36. The molecule has 0 spiro atoms. The van der Waals surface area contributed by atoms with Crippen LogP contribution in [0.3, 0.4) is 0 Å². The van der Waals surface area contributed by atoms with Crippen LogP contribution in [0.2, 0.25) is 0 Å². The van der Waals surface area contributed by atoms with Gasteiger partial charge in [0.25, 0.3) is 0 Å². The molecule has 2 aliphatic rings. The van der Waals surface area contributed by atoms with Crippen LogP contribution in [-0.4, -0.2) is 13.1 Å². The summed E-state index contributed by atoms with van der Waals surface area (Å²) in [6, 6.07) is 0. The van der Waals surface area contributed by atoms with Gasteiger partial charge in [-0.15, -0.1) is 0 Å². The first kappa shape index (κ1) is 9.01. The second kappa shape index (κ2) is 3.30. The van der Waals surface area contributed by atoms with Crippen molar-refractivity contribution in [3.05, 3.63) is 24.3 Å². The zero-order chi connectivity index (χ0) is 9.31. The molecular formula is C12H19N. The van der Waals surface area contributed by atoms with Gasteiger partial charge in [-0.25, -0.2) is 0 Å². The normalized spacial score (nSPS) is 49.1. The van der Waals surface area contributed by atoms with Gasteiger partial charge in [-0.2, -0.15) is 0 Å². The summed E-state index contributed by atoms with van der Waals surface area (Å²) in [7, 11) is 0. The highest BCUT2D eigenvalue weighted by Crippen LogP contribution is 2.37. The molecule has 1 fully saturated rings. The third-order valence-electron chi connectivity index (χ3n) is 3.46. The maximum Gasteiger partial charge on any atom is 0.00202 e. The Hall–Kier alpha value is -0.560. The molecule has 0 saturated carbocycles. The zero-order valence-electron chi connectivity index (χ0n) is 8.59. The van der Waals surface area contributed by atoms with Crippen molar-refractivity contribution in [2.45, 2.75) is 20.3 Å². The molecule has 0 amide bonds. The standard InChI is InChI=1S/C12H19N/c1-10-4-3-7-12(2)9-13-8-11(12)6-5-10/h3-6,10-11,13H,7-9H2,1-2H3/b4-3-,6-5-/t10-,11+,12-/m0/s1. The van der Waals surface area contributed by atoms with Crippen LogP contribution in [0.15, 0.2) is 24.3 Å². The summed E-state index contributed by atoms with van der Waals surface area (Å²) in [6.07, 6.45) is 10.6. The molecule has 13 heavy (non-hydrogen) atoms. The zero-order valence-corrected chi connectivity index (χ0v) is 8.59. The van der Waals surface area contributed by atoms with E-state index in [-0.39, 0.29) is 0 Å². The highest BCUT2D eigenvalue weighted by molar-refractivity contribution is 5.11. The van der Waals surface area contributed by atoms with Gasteiger partial charge in [-0.3, -0.25) is 0 Å². The summed E-state index contributed by atoms with van der Waals surface area (Å²) in [5, 5.41) is 3.49. The molecule has 0 aromatic rings. The number of nitrogens with one attached hydrogen (secondary N) is 1. The van der Waals surface area contributed by atoms with E-state index < -0.39 is 0 Å². The van der Waals surface area contributed by atoms with E-state index in [4.69, 9.17) is 0 Å². The lowest BCUT2D eigenvalue weighted by atomic mass is 9.75. The Morgan fingerprint density at radius 3 is 3.00 bits per heavy atom. The Labute approximate surface area is 80.9 Å². The van der Waals surface area contributed by atoms with E-state index in [1.165, 1.54) is 13.0 Å². The number of rotatable bonds is 0. The topological polar surface area (TPSA) is 12.0 Å². The molecule has 3 atom stereocenters. The summed E-state index contributed by atoms with van der Waals surface area (Å²) in [5.74, 6) is 1.35. The van der Waals surface area contributed by atoms with Crippen LogP contribution in [-0.2, 0) is 0 Å². The molecule has 1 heteroatoms. The molecule has 72 valence electrons. The minimum absolute atomic E-state index is 0.465. The van der Waals surface area contributed by atoms with Crippen LogP contribution in [0.1, 0.15) is 20.3 Å². The smallest absolute Gasteiger partial charge is 0.00202 e. The second-order valence-corrected chi connectivity index (χ2v) is 4.77. The number of allylic oxidation sites excluding steroid dienone is 3. The Kier molecular flexibility index (Phi) is 2.29. The van der Waals surface area contributed by atoms with E-state index in [0.29, 0.717) is 11.3 Å². The molecule has 1 heterocycles. The summed E-state index contributed by atoms with van der Waals surface area (Å²) in [6.45, 7) is 6.97. The van der Waals surface area contributed by atoms with Crippen molar-refractivity contribution in [1.82, 2.24) is 5.32 Å². The van der Waals surface area contributed by atoms with E-state index in [1.807, 2.05) is 0 Å². The van der Waals surface area contributed by atoms with Crippen LogP contribution in [0.5, 0.6) is 0 Å². The summed E-state index contributed by atoms with van der Waals surface area (Å²) < 4.78 is 0. The van der Waals surface area contributed by atoms with Crippen LogP contribution in [0, 0.1) is 17.3 Å². The summed E-state index contributed by atoms with van der Waals surface area (Å²) in [4.78, 5) is 0. The van der Waals surface area contributed by atoms with Gasteiger partial charge in [0.1, 0.15) is 0 Å². The molecule has 0 aromatic heterocycles. The van der Waals surface area contributed by atoms with E-state index in [2.05, 4.69) is 43.5 Å². The molecule has 1 nitrogen and oxygen atoms in total. The second-order valence-electron chi connectivity index (χ2n) is 4.77. The predicted octanol–water partition coefficient (Wildman–Crippen LogP) is 2.36. The molecule has 0 bridgehead atoms. The maximum atomic E-state index is 3.49. The van der Waals surface area contributed by atoms with Gasteiger partial charge in [0.05, 0.1) is 0 Å². The largest absolute Gasteiger partial charge is 0.316 e. The van der Waals surface area contributed by atoms with Crippen LogP contribution in [0.25, 0.3) is 0 Å². The highest BCUT2D eigenvalue weighted by atomic mass is 14.9. The van der Waals surface area contributed by atoms with E-state index >= 15 is 0 Å². The van der Waals surface area contributed by atoms with Crippen LogP contribution < -0.4 is 5.32 Å². The first-order chi connectivity index (χ1) is 6.21. The lowest BCUT2D eigenvalue weighted by Gasteiger charge is -2.28. The van der Waals surface area contributed by atoms with E-state index in [1.54, 1.807) is 0 Å². The van der Waals surface area contributed by atoms with Gasteiger partial charge >= 0.3 is 0 Å². The summed E-state index contributed by atoms with van der Waals surface area (Å²) >= 11 is 0. The molecule has 0 aromatic carbocycles. The fraction of sp³-hybridized carbons (Fsp3) is 0.667. The van der Waals surface area contributed by atoms with E-state index in [0.717, 1.165) is 12.5 Å². The van der Waals surface area contributed by atoms with Gasteiger partial charge in [0.2, 0.25) is 0 Å². The van der Waals surface area contributed by atoms with Gasteiger partial charge in [0.15, 0.2) is 0 Å². The third-order valence-corrected chi connectivity index (χ3v) is 3.46. The fourth-order valence-electron chi connectivity index (χ4n) is 2.34. The van der Waals surface area contributed by atoms with Crippen molar-refractivity contribution in [2.75, 3.05) is 13.1 Å². The van der Waals surface area contributed by atoms with Gasteiger partial charge in [0, 0.05) is 13.1 Å². The Balaban J connectivity index is 2.20. The molecule has 1 N–H and O–H groups in total. The third kappa shape index (κ3) is 1.71. The Morgan fingerprint density at radius 2 is 2.15 bits per heavy atom. The Morgan fingerprint density at radius 1 is 1.31 bits per heavy atom. The van der Waals surface area contributed by atoms with Gasteiger partial charge in [-0.05, 0) is 23.7 Å². The average molecular weight is 177 g/mol. The van der Waals surface area contributed by atoms with Crippen molar-refractivity contribution in [3.8, 4) is 0 Å². The van der Waals surface area contributed by atoms with E-state index in [9.17, 15) is 0 Å². The number of hydrogen-bond donors (Lipinski definition) is 1. The van der Waals surface area contributed by atoms with Crippen LogP contribution in [0.4, 0.5) is 0 Å². The lowest BCUT2D eigenvalue weighted by molar-refractivity contribution is 0.302. The first-order valence-electron chi connectivity index (χ1n) is 5.26. The Bertz CT molecular complexity index is 242. The minimum atomic E-state index is 0.465. The van der Waals surface area contributed by atoms with Crippen molar-refractivity contribution in [1.29, 1.82) is 0 Å². The lowest BCUT2D eigenvalue weighted by Crippen LogP contribution is -2.25. The predicted molar refractivity (Wildman–Crippen MR) is 56.5 cm³/mol. The van der Waals surface area contributed by atoms with Crippen LogP contribution >= 0.6 is 0 Å². The monoisotopic (exact) mass is 177 g/mol. The SMILES string of the molecule is C[C@H]1/C=C\C[C@@]2(C)CNC[C@H]2/C=C\1. The number of fused-ring (bicyclic) bond motifs is 1.